The van der Waals surface area contributed by atoms with Crippen LogP contribution < -0.4 is 16.0 Å². The summed E-state index contributed by atoms with van der Waals surface area (Å²) >= 11 is 0. The zero-order chi connectivity index (χ0) is 10.6. The maximum Gasteiger partial charge on any atom is 0.326 e. The average Bonchev–Trinajstić information content (AvgIpc) is 2.14. The maximum absolute atomic E-state index is 11.2. The number of hydrogen-bond acceptors (Lipinski definition) is 4. The molecule has 0 amide bonds. The first kappa shape index (κ1) is 10.5. The number of H-pyrrole nitrogens is 2. The van der Waals surface area contributed by atoms with E-state index < -0.39 is 11.2 Å². The van der Waals surface area contributed by atoms with Gasteiger partial charge in [-0.25, -0.2) is 4.79 Å². The van der Waals surface area contributed by atoms with Gasteiger partial charge in [-0.3, -0.25) is 9.78 Å². The Bertz CT molecular complexity index is 407. The normalized spacial score (nSPS) is 10.1. The molecule has 6 nitrogen and oxygen atoms in total. The lowest BCUT2D eigenvalue weighted by molar-refractivity contribution is 0.128. The van der Waals surface area contributed by atoms with E-state index in [0.29, 0.717) is 12.3 Å². The summed E-state index contributed by atoms with van der Waals surface area (Å²) in [5.41, 5.74) is -0.764. The van der Waals surface area contributed by atoms with E-state index in [1.54, 1.807) is 0 Å². The lowest BCUT2D eigenvalue weighted by atomic mass is 10.4. The molecule has 0 aromatic carbocycles. The predicted molar refractivity (Wildman–Crippen MR) is 49.6 cm³/mol. The molecule has 14 heavy (non-hydrogen) atoms. The zero-order valence-electron chi connectivity index (χ0n) is 8.05. The summed E-state index contributed by atoms with van der Waals surface area (Å²) < 4.78 is 9.90. The van der Waals surface area contributed by atoms with Crippen LogP contribution in [0.1, 0.15) is 12.6 Å². The lowest BCUT2D eigenvalue weighted by Gasteiger charge is -2.05. The van der Waals surface area contributed by atoms with Crippen molar-refractivity contribution >= 4 is 0 Å². The first-order chi connectivity index (χ1) is 6.69. The van der Waals surface area contributed by atoms with Gasteiger partial charge in [0.15, 0.2) is 0 Å². The van der Waals surface area contributed by atoms with E-state index in [0.717, 1.165) is 0 Å². The second-order valence-electron chi connectivity index (χ2n) is 2.56. The molecule has 0 aliphatic rings. The number of nitrogens with one attached hydrogen (secondary N) is 2. The largest absolute Gasteiger partial charge is 0.490 e. The van der Waals surface area contributed by atoms with Crippen molar-refractivity contribution in [2.45, 2.75) is 13.5 Å². The smallest absolute Gasteiger partial charge is 0.326 e. The van der Waals surface area contributed by atoms with Crippen LogP contribution in [0.5, 0.6) is 5.75 Å². The molecule has 78 valence electrons. The summed E-state index contributed by atoms with van der Waals surface area (Å²) in [7, 11) is 1.36. The van der Waals surface area contributed by atoms with Gasteiger partial charge in [0.2, 0.25) is 5.75 Å². The summed E-state index contributed by atoms with van der Waals surface area (Å²) in [6.45, 7) is 2.47. The van der Waals surface area contributed by atoms with E-state index >= 15 is 0 Å². The van der Waals surface area contributed by atoms with Gasteiger partial charge in [-0.1, -0.05) is 0 Å². The molecule has 0 radical (unpaired) electrons. The van der Waals surface area contributed by atoms with Gasteiger partial charge in [0.1, 0.15) is 0 Å². The molecular weight excluding hydrogens is 188 g/mol. The van der Waals surface area contributed by atoms with Gasteiger partial charge >= 0.3 is 5.69 Å². The molecule has 1 aromatic rings. The Morgan fingerprint density at radius 2 is 2.00 bits per heavy atom. The molecule has 2 N–H and O–H groups in total. The average molecular weight is 200 g/mol. The molecule has 1 rings (SSSR count). The third-order valence-electron chi connectivity index (χ3n) is 1.63. The molecule has 0 atom stereocenters. The molecule has 0 unspecified atom stereocenters. The summed E-state index contributed by atoms with van der Waals surface area (Å²) in [5.74, 6) is 0.0815. The van der Waals surface area contributed by atoms with Gasteiger partial charge in [0, 0.05) is 6.61 Å². The van der Waals surface area contributed by atoms with Gasteiger partial charge in [-0.2, -0.15) is 0 Å². The van der Waals surface area contributed by atoms with Crippen molar-refractivity contribution in [2.75, 3.05) is 13.7 Å². The van der Waals surface area contributed by atoms with Crippen molar-refractivity contribution in [3.63, 3.8) is 0 Å². The van der Waals surface area contributed by atoms with E-state index in [9.17, 15) is 9.59 Å². The maximum atomic E-state index is 11.2. The highest BCUT2D eigenvalue weighted by Crippen LogP contribution is 2.07. The van der Waals surface area contributed by atoms with Gasteiger partial charge in [0.05, 0.1) is 19.4 Å². The molecule has 1 aromatic heterocycles. The third kappa shape index (κ3) is 2.23. The highest BCUT2D eigenvalue weighted by atomic mass is 16.5. The Hall–Kier alpha value is -1.56. The van der Waals surface area contributed by atoms with Crippen LogP contribution in [0.2, 0.25) is 0 Å². The first-order valence-corrected chi connectivity index (χ1v) is 4.16. The Balaban J connectivity index is 3.12. The third-order valence-corrected chi connectivity index (χ3v) is 1.63. The van der Waals surface area contributed by atoms with Crippen molar-refractivity contribution in [3.8, 4) is 5.75 Å². The van der Waals surface area contributed by atoms with Crippen LogP contribution in [0, 0.1) is 0 Å². The topological polar surface area (TPSA) is 84.2 Å². The Morgan fingerprint density at radius 3 is 2.57 bits per heavy atom. The predicted octanol–water partition coefficient (Wildman–Crippen LogP) is -0.392. The van der Waals surface area contributed by atoms with Crippen molar-refractivity contribution < 1.29 is 9.47 Å². The number of aromatic nitrogens is 2. The number of ether oxygens (including phenoxy) is 2. The second-order valence-corrected chi connectivity index (χ2v) is 2.56. The highest BCUT2D eigenvalue weighted by molar-refractivity contribution is 5.22. The quantitative estimate of drug-likeness (QED) is 0.693. The molecular formula is C8H12N2O4. The van der Waals surface area contributed by atoms with E-state index in [1.807, 2.05) is 6.92 Å². The minimum absolute atomic E-state index is 0.0815. The molecule has 0 fully saturated rings. The van der Waals surface area contributed by atoms with Gasteiger partial charge in [0.25, 0.3) is 5.56 Å². The summed E-state index contributed by atoms with van der Waals surface area (Å²) in [6.07, 6.45) is 0. The van der Waals surface area contributed by atoms with Crippen molar-refractivity contribution in [1.82, 2.24) is 9.97 Å². The van der Waals surface area contributed by atoms with Crippen molar-refractivity contribution in [3.05, 3.63) is 26.5 Å². The fraction of sp³-hybridized carbons (Fsp3) is 0.500. The summed E-state index contributed by atoms with van der Waals surface area (Å²) in [6, 6.07) is 0. The fourth-order valence-corrected chi connectivity index (χ4v) is 1.04. The molecule has 0 saturated heterocycles. The molecule has 0 aliphatic carbocycles. The van der Waals surface area contributed by atoms with Crippen LogP contribution in [-0.4, -0.2) is 23.7 Å². The lowest BCUT2D eigenvalue weighted by Crippen LogP contribution is -2.25. The monoisotopic (exact) mass is 200 g/mol. The standard InChI is InChI=1S/C8H12N2O4/c1-3-14-4-5-6(13-2)7(11)10-8(12)9-5/h3-4H2,1-2H3,(H2,9,10,11,12). The van der Waals surface area contributed by atoms with Gasteiger partial charge in [-0.05, 0) is 6.92 Å². The molecule has 6 heteroatoms. The van der Waals surface area contributed by atoms with E-state index in [-0.39, 0.29) is 12.4 Å². The number of hydrogen-bond donors (Lipinski definition) is 2. The van der Waals surface area contributed by atoms with Crippen molar-refractivity contribution in [2.24, 2.45) is 0 Å². The number of aromatic amines is 2. The Labute approximate surface area is 79.9 Å². The van der Waals surface area contributed by atoms with Crippen LogP contribution in [0.15, 0.2) is 9.59 Å². The summed E-state index contributed by atoms with van der Waals surface area (Å²) in [5, 5.41) is 0. The molecule has 0 aliphatic heterocycles. The Morgan fingerprint density at radius 1 is 1.29 bits per heavy atom. The number of methoxy groups -OCH3 is 1. The molecule has 0 saturated carbocycles. The Kier molecular flexibility index (Phi) is 3.47. The van der Waals surface area contributed by atoms with Crippen LogP contribution >= 0.6 is 0 Å². The zero-order valence-corrected chi connectivity index (χ0v) is 8.05. The molecule has 0 bridgehead atoms. The highest BCUT2D eigenvalue weighted by Gasteiger charge is 2.08. The SMILES string of the molecule is CCOCc1[nH]c(=O)[nH]c(=O)c1OC. The first-order valence-electron chi connectivity index (χ1n) is 4.16. The summed E-state index contributed by atoms with van der Waals surface area (Å²) in [4.78, 5) is 26.6. The van der Waals surface area contributed by atoms with E-state index in [1.165, 1.54) is 7.11 Å². The minimum Gasteiger partial charge on any atom is -0.490 e. The molecule has 1 heterocycles. The minimum atomic E-state index is -0.564. The van der Waals surface area contributed by atoms with E-state index in [2.05, 4.69) is 9.97 Å². The fourth-order valence-electron chi connectivity index (χ4n) is 1.04. The van der Waals surface area contributed by atoms with Crippen LogP contribution in [-0.2, 0) is 11.3 Å². The second kappa shape index (κ2) is 4.61. The van der Waals surface area contributed by atoms with Crippen molar-refractivity contribution in [1.29, 1.82) is 0 Å². The molecule has 0 spiro atoms. The van der Waals surface area contributed by atoms with Gasteiger partial charge in [-0.15, -0.1) is 0 Å². The number of rotatable bonds is 4. The van der Waals surface area contributed by atoms with Gasteiger partial charge < -0.3 is 14.5 Å². The van der Waals surface area contributed by atoms with E-state index in [4.69, 9.17) is 9.47 Å². The van der Waals surface area contributed by atoms with Crippen LogP contribution in [0.25, 0.3) is 0 Å². The van der Waals surface area contributed by atoms with Crippen LogP contribution in [0.4, 0.5) is 0 Å². The van der Waals surface area contributed by atoms with Crippen LogP contribution in [0.3, 0.4) is 0 Å².